The minimum Gasteiger partial charge on any atom is -0.339 e. The van der Waals surface area contributed by atoms with Crippen LogP contribution in [-0.2, 0) is 18.4 Å². The highest BCUT2D eigenvalue weighted by Crippen LogP contribution is 2.50. The van der Waals surface area contributed by atoms with Crippen LogP contribution in [0.4, 0.5) is 0 Å². The minimum atomic E-state index is -0.0709. The predicted octanol–water partition coefficient (Wildman–Crippen LogP) is 1.58. The maximum absolute atomic E-state index is 11.8. The lowest BCUT2D eigenvalue weighted by atomic mass is 9.80. The Morgan fingerprint density at radius 1 is 1.46 bits per heavy atom. The van der Waals surface area contributed by atoms with Gasteiger partial charge in [-0.2, -0.15) is 4.98 Å². The van der Waals surface area contributed by atoms with Crippen molar-refractivity contribution in [1.29, 1.82) is 0 Å². The van der Waals surface area contributed by atoms with Crippen molar-refractivity contribution in [1.82, 2.24) is 25.0 Å². The number of aromatic amines is 1. The fraction of sp³-hybridized carbons (Fsp3) is 0.647. The van der Waals surface area contributed by atoms with Gasteiger partial charge < -0.3 is 9.51 Å². The number of nitrogens with zero attached hydrogens (tertiary/aromatic N) is 4. The third kappa shape index (κ3) is 2.56. The molecule has 2 atom stereocenters. The van der Waals surface area contributed by atoms with Gasteiger partial charge in [-0.05, 0) is 32.1 Å². The summed E-state index contributed by atoms with van der Waals surface area (Å²) < 4.78 is 5.55. The molecule has 2 aliphatic rings. The molecule has 4 rings (SSSR count). The highest BCUT2D eigenvalue weighted by Gasteiger charge is 2.54. The smallest absolute Gasteiger partial charge is 0.251 e. The topological polar surface area (TPSA) is 87.9 Å². The van der Waals surface area contributed by atoms with E-state index in [2.05, 4.69) is 25.0 Å². The molecule has 24 heavy (non-hydrogen) atoms. The van der Waals surface area contributed by atoms with E-state index in [9.17, 15) is 4.79 Å². The van der Waals surface area contributed by atoms with Gasteiger partial charge in [0.05, 0.1) is 12.0 Å². The summed E-state index contributed by atoms with van der Waals surface area (Å²) in [6.07, 6.45) is 4.26. The second-order valence-corrected chi connectivity index (χ2v) is 7.10. The molecule has 128 valence electrons. The zero-order chi connectivity index (χ0) is 16.7. The summed E-state index contributed by atoms with van der Waals surface area (Å²) in [5.41, 5.74) is 0.748. The highest BCUT2D eigenvalue weighted by molar-refractivity contribution is 5.17. The minimum absolute atomic E-state index is 0.0239. The van der Waals surface area contributed by atoms with E-state index >= 15 is 0 Å². The number of likely N-dealkylation sites (tertiary alicyclic amines) is 1. The normalized spacial score (nSPS) is 26.8. The van der Waals surface area contributed by atoms with E-state index in [1.54, 1.807) is 6.07 Å². The molecule has 0 spiro atoms. The standard InChI is InChI=1S/C17H23N5O2/c1-3-13-7-15(23)20-14(19-13)9-22-8-12-5-4-6-17(12,10-22)16-18-11(2)21-24-16/h7,12H,3-6,8-10H2,1-2H3,(H,19,20,23)/t12-,17-/m0/s1. The third-order valence-corrected chi connectivity index (χ3v) is 5.47. The fourth-order valence-electron chi connectivity index (χ4n) is 4.39. The molecule has 0 amide bonds. The summed E-state index contributed by atoms with van der Waals surface area (Å²) in [6.45, 7) is 6.42. The molecule has 1 aliphatic carbocycles. The zero-order valence-electron chi connectivity index (χ0n) is 14.2. The summed E-state index contributed by atoms with van der Waals surface area (Å²) in [6, 6.07) is 1.57. The van der Waals surface area contributed by atoms with E-state index < -0.39 is 0 Å². The quantitative estimate of drug-likeness (QED) is 0.916. The first-order valence-corrected chi connectivity index (χ1v) is 8.71. The monoisotopic (exact) mass is 329 g/mol. The molecule has 1 saturated carbocycles. The third-order valence-electron chi connectivity index (χ3n) is 5.47. The average molecular weight is 329 g/mol. The first-order chi connectivity index (χ1) is 11.6. The average Bonchev–Trinajstić information content (AvgIpc) is 3.20. The van der Waals surface area contributed by atoms with Crippen LogP contribution in [0.3, 0.4) is 0 Å². The van der Waals surface area contributed by atoms with Gasteiger partial charge in [-0.15, -0.1) is 0 Å². The first kappa shape index (κ1) is 15.5. The summed E-state index contributed by atoms with van der Waals surface area (Å²) in [4.78, 5) is 26.1. The van der Waals surface area contributed by atoms with E-state index in [-0.39, 0.29) is 11.0 Å². The number of H-pyrrole nitrogens is 1. The second-order valence-electron chi connectivity index (χ2n) is 7.10. The van der Waals surface area contributed by atoms with E-state index in [1.807, 2.05) is 13.8 Å². The lowest BCUT2D eigenvalue weighted by Crippen LogP contribution is -2.32. The summed E-state index contributed by atoms with van der Waals surface area (Å²) >= 11 is 0. The van der Waals surface area contributed by atoms with Crippen molar-refractivity contribution in [3.8, 4) is 0 Å². The Morgan fingerprint density at radius 3 is 3.08 bits per heavy atom. The summed E-state index contributed by atoms with van der Waals surface area (Å²) in [5, 5.41) is 4.00. The Bertz CT molecular complexity index is 798. The molecule has 7 nitrogen and oxygen atoms in total. The summed E-state index contributed by atoms with van der Waals surface area (Å²) in [5.74, 6) is 2.77. The fourth-order valence-corrected chi connectivity index (χ4v) is 4.39. The van der Waals surface area contributed by atoms with Crippen LogP contribution in [0.25, 0.3) is 0 Å². The Kier molecular flexibility index (Phi) is 3.75. The molecule has 0 unspecified atom stereocenters. The summed E-state index contributed by atoms with van der Waals surface area (Å²) in [7, 11) is 0. The van der Waals surface area contributed by atoms with Gasteiger partial charge in [0, 0.05) is 24.8 Å². The highest BCUT2D eigenvalue weighted by atomic mass is 16.5. The van der Waals surface area contributed by atoms with Gasteiger partial charge in [-0.25, -0.2) is 4.98 Å². The Labute approximate surface area is 140 Å². The largest absolute Gasteiger partial charge is 0.339 e. The Morgan fingerprint density at radius 2 is 2.33 bits per heavy atom. The van der Waals surface area contributed by atoms with Crippen molar-refractivity contribution in [2.45, 2.75) is 51.5 Å². The van der Waals surface area contributed by atoms with Crippen LogP contribution >= 0.6 is 0 Å². The van der Waals surface area contributed by atoms with Crippen molar-refractivity contribution in [2.24, 2.45) is 5.92 Å². The molecule has 2 aromatic heterocycles. The molecule has 0 radical (unpaired) electrons. The van der Waals surface area contributed by atoms with Crippen LogP contribution in [0.15, 0.2) is 15.4 Å². The van der Waals surface area contributed by atoms with Gasteiger partial charge in [0.25, 0.3) is 5.56 Å². The molecule has 2 fully saturated rings. The van der Waals surface area contributed by atoms with Crippen LogP contribution in [0.2, 0.25) is 0 Å². The molecule has 1 N–H and O–H groups in total. The van der Waals surface area contributed by atoms with Gasteiger partial charge in [0.15, 0.2) is 5.82 Å². The van der Waals surface area contributed by atoms with Crippen molar-refractivity contribution in [2.75, 3.05) is 13.1 Å². The van der Waals surface area contributed by atoms with Crippen LogP contribution in [0.5, 0.6) is 0 Å². The molecular weight excluding hydrogens is 306 g/mol. The van der Waals surface area contributed by atoms with Crippen LogP contribution in [-0.4, -0.2) is 38.1 Å². The van der Waals surface area contributed by atoms with Crippen molar-refractivity contribution >= 4 is 0 Å². The Hall–Kier alpha value is -2.02. The molecule has 0 aromatic carbocycles. The number of fused-ring (bicyclic) bond motifs is 1. The molecule has 2 aromatic rings. The first-order valence-electron chi connectivity index (χ1n) is 8.71. The van der Waals surface area contributed by atoms with Crippen molar-refractivity contribution < 1.29 is 4.52 Å². The lowest BCUT2D eigenvalue weighted by molar-refractivity contribution is 0.242. The van der Waals surface area contributed by atoms with Crippen LogP contribution < -0.4 is 5.56 Å². The molecular formula is C17H23N5O2. The molecule has 0 bridgehead atoms. The van der Waals surface area contributed by atoms with Crippen LogP contribution in [0.1, 0.15) is 49.4 Å². The second kappa shape index (κ2) is 5.81. The zero-order valence-corrected chi connectivity index (χ0v) is 14.2. The molecule has 1 aliphatic heterocycles. The van der Waals surface area contributed by atoms with E-state index in [1.165, 1.54) is 12.8 Å². The van der Waals surface area contributed by atoms with Gasteiger partial charge in [-0.3, -0.25) is 9.69 Å². The van der Waals surface area contributed by atoms with E-state index in [4.69, 9.17) is 4.52 Å². The van der Waals surface area contributed by atoms with Gasteiger partial charge >= 0.3 is 0 Å². The Balaban J connectivity index is 1.57. The van der Waals surface area contributed by atoms with E-state index in [0.717, 1.165) is 43.3 Å². The maximum Gasteiger partial charge on any atom is 0.251 e. The van der Waals surface area contributed by atoms with E-state index in [0.29, 0.717) is 18.3 Å². The number of hydrogen-bond donors (Lipinski definition) is 1. The molecule has 3 heterocycles. The predicted molar refractivity (Wildman–Crippen MR) is 87.6 cm³/mol. The number of aromatic nitrogens is 4. The van der Waals surface area contributed by atoms with Crippen molar-refractivity contribution in [3.63, 3.8) is 0 Å². The number of aryl methyl sites for hydroxylation is 2. The maximum atomic E-state index is 11.8. The molecule has 1 saturated heterocycles. The number of rotatable bonds is 4. The number of nitrogens with one attached hydrogen (secondary N) is 1. The lowest BCUT2D eigenvalue weighted by Gasteiger charge is -2.24. The van der Waals surface area contributed by atoms with Gasteiger partial charge in [0.2, 0.25) is 5.89 Å². The van der Waals surface area contributed by atoms with Crippen molar-refractivity contribution in [3.05, 3.63) is 39.7 Å². The van der Waals surface area contributed by atoms with Crippen LogP contribution in [0, 0.1) is 12.8 Å². The van der Waals surface area contributed by atoms with Gasteiger partial charge in [0.1, 0.15) is 5.82 Å². The molecule has 7 heteroatoms. The SMILES string of the molecule is CCc1cc(=O)[nH]c(CN2C[C@@H]3CCC[C@]3(c3nc(C)no3)C2)n1. The van der Waals surface area contributed by atoms with Gasteiger partial charge in [-0.1, -0.05) is 18.5 Å². The number of hydrogen-bond acceptors (Lipinski definition) is 6.